The first-order chi connectivity index (χ1) is 14.5. The number of aromatic nitrogens is 4. The van der Waals surface area contributed by atoms with E-state index in [9.17, 15) is 21.6 Å². The van der Waals surface area contributed by atoms with Gasteiger partial charge in [0.05, 0.1) is 5.69 Å². The molecule has 0 aliphatic rings. The molecular formula is C18H19F3N6O3S. The Balaban J connectivity index is 1.63. The number of aryl methyl sites for hydroxylation is 2. The van der Waals surface area contributed by atoms with E-state index < -0.39 is 27.0 Å². The number of hydrogen-bond donors (Lipinski definition) is 2. The van der Waals surface area contributed by atoms with Crippen LogP contribution in [0.5, 0.6) is 5.75 Å². The van der Waals surface area contributed by atoms with Crippen molar-refractivity contribution in [2.75, 3.05) is 18.4 Å². The summed E-state index contributed by atoms with van der Waals surface area (Å²) in [6.07, 6.45) is -3.67. The number of halogens is 3. The maximum absolute atomic E-state index is 12.5. The zero-order valence-electron chi connectivity index (χ0n) is 16.5. The number of para-hydroxylation sites is 1. The van der Waals surface area contributed by atoms with Crippen LogP contribution in [0, 0.1) is 13.8 Å². The van der Waals surface area contributed by atoms with Crippen molar-refractivity contribution in [1.82, 2.24) is 24.5 Å². The van der Waals surface area contributed by atoms with Gasteiger partial charge in [0.15, 0.2) is 5.82 Å². The van der Waals surface area contributed by atoms with Crippen LogP contribution < -0.4 is 14.8 Å². The lowest BCUT2D eigenvalue weighted by Crippen LogP contribution is -2.30. The van der Waals surface area contributed by atoms with Crippen LogP contribution in [-0.2, 0) is 10.0 Å². The first-order valence-corrected chi connectivity index (χ1v) is 10.5. The van der Waals surface area contributed by atoms with Crippen molar-refractivity contribution in [3.8, 4) is 11.6 Å². The number of rotatable bonds is 8. The van der Waals surface area contributed by atoms with Gasteiger partial charge >= 0.3 is 6.36 Å². The molecule has 0 amide bonds. The summed E-state index contributed by atoms with van der Waals surface area (Å²) in [6, 6.07) is 8.04. The van der Waals surface area contributed by atoms with Gasteiger partial charge in [0.1, 0.15) is 22.8 Å². The quantitative estimate of drug-likeness (QED) is 0.501. The fraction of sp³-hybridized carbons (Fsp3) is 0.278. The van der Waals surface area contributed by atoms with Gasteiger partial charge in [-0.3, -0.25) is 0 Å². The first-order valence-electron chi connectivity index (χ1n) is 8.99. The van der Waals surface area contributed by atoms with Crippen LogP contribution in [0.4, 0.5) is 19.0 Å². The van der Waals surface area contributed by atoms with Gasteiger partial charge in [-0.05, 0) is 32.0 Å². The van der Waals surface area contributed by atoms with Gasteiger partial charge < -0.3 is 10.1 Å². The molecule has 2 heterocycles. The Kier molecular flexibility index (Phi) is 6.45. The Hall–Kier alpha value is -3.19. The molecule has 0 unspecified atom stereocenters. The molecule has 9 nitrogen and oxygen atoms in total. The van der Waals surface area contributed by atoms with Crippen LogP contribution >= 0.6 is 0 Å². The maximum atomic E-state index is 12.5. The van der Waals surface area contributed by atoms with E-state index in [-0.39, 0.29) is 13.1 Å². The molecule has 0 saturated heterocycles. The summed E-state index contributed by atoms with van der Waals surface area (Å²) >= 11 is 0. The molecule has 2 N–H and O–H groups in total. The Bertz CT molecular complexity index is 1160. The van der Waals surface area contributed by atoms with E-state index in [1.165, 1.54) is 18.5 Å². The van der Waals surface area contributed by atoms with Gasteiger partial charge in [-0.1, -0.05) is 12.1 Å². The highest BCUT2D eigenvalue weighted by Crippen LogP contribution is 2.29. The predicted octanol–water partition coefficient (Wildman–Crippen LogP) is 2.57. The second-order valence-electron chi connectivity index (χ2n) is 6.42. The van der Waals surface area contributed by atoms with Gasteiger partial charge in [0, 0.05) is 24.8 Å². The number of nitrogens with one attached hydrogen (secondary N) is 2. The zero-order chi connectivity index (χ0) is 22.6. The Morgan fingerprint density at radius 2 is 1.84 bits per heavy atom. The third kappa shape index (κ3) is 5.92. The van der Waals surface area contributed by atoms with Crippen molar-refractivity contribution >= 4 is 15.8 Å². The van der Waals surface area contributed by atoms with Crippen LogP contribution in [0.25, 0.3) is 5.82 Å². The van der Waals surface area contributed by atoms with Crippen LogP contribution in [0.2, 0.25) is 0 Å². The van der Waals surface area contributed by atoms with Crippen molar-refractivity contribution in [2.45, 2.75) is 25.1 Å². The van der Waals surface area contributed by atoms with Crippen molar-refractivity contribution < 1.29 is 26.3 Å². The van der Waals surface area contributed by atoms with E-state index >= 15 is 0 Å². The van der Waals surface area contributed by atoms with Crippen LogP contribution in [0.3, 0.4) is 0 Å². The molecule has 0 saturated carbocycles. The maximum Gasteiger partial charge on any atom is 0.573 e. The molecule has 13 heteroatoms. The van der Waals surface area contributed by atoms with E-state index in [0.717, 1.165) is 23.5 Å². The summed E-state index contributed by atoms with van der Waals surface area (Å²) in [7, 11) is -4.23. The van der Waals surface area contributed by atoms with Crippen molar-refractivity contribution in [3.05, 3.63) is 54.1 Å². The summed E-state index contributed by atoms with van der Waals surface area (Å²) in [5.41, 5.74) is 1.71. The number of alkyl halides is 3. The molecule has 0 aliphatic heterocycles. The van der Waals surface area contributed by atoms with Gasteiger partial charge in [-0.25, -0.2) is 27.8 Å². The molecule has 0 aliphatic carbocycles. The third-order valence-corrected chi connectivity index (χ3v) is 5.47. The van der Waals surface area contributed by atoms with Gasteiger partial charge in [-0.15, -0.1) is 13.2 Å². The lowest BCUT2D eigenvalue weighted by atomic mass is 10.3. The molecule has 0 radical (unpaired) electrons. The largest absolute Gasteiger partial charge is 0.573 e. The molecule has 0 fully saturated rings. The Labute approximate surface area is 176 Å². The predicted molar refractivity (Wildman–Crippen MR) is 105 cm³/mol. The van der Waals surface area contributed by atoms with Crippen LogP contribution in [0.15, 0.2) is 47.6 Å². The Morgan fingerprint density at radius 3 is 2.52 bits per heavy atom. The van der Waals surface area contributed by atoms with Crippen molar-refractivity contribution in [1.29, 1.82) is 0 Å². The number of sulfonamides is 1. The lowest BCUT2D eigenvalue weighted by Gasteiger charge is -2.14. The molecule has 3 rings (SSSR count). The van der Waals surface area contributed by atoms with Crippen molar-refractivity contribution in [2.24, 2.45) is 0 Å². The van der Waals surface area contributed by atoms with E-state index in [1.54, 1.807) is 10.7 Å². The molecule has 0 spiro atoms. The van der Waals surface area contributed by atoms with E-state index in [2.05, 4.69) is 29.8 Å². The zero-order valence-corrected chi connectivity index (χ0v) is 17.3. The molecular weight excluding hydrogens is 437 g/mol. The second kappa shape index (κ2) is 8.89. The molecule has 166 valence electrons. The fourth-order valence-electron chi connectivity index (χ4n) is 2.76. The minimum Gasteiger partial charge on any atom is -0.404 e. The fourth-order valence-corrected chi connectivity index (χ4v) is 3.91. The van der Waals surface area contributed by atoms with Crippen LogP contribution in [0.1, 0.15) is 11.4 Å². The highest BCUT2D eigenvalue weighted by molar-refractivity contribution is 7.89. The second-order valence-corrected chi connectivity index (χ2v) is 8.15. The average Bonchev–Trinajstić information content (AvgIpc) is 3.03. The number of anilines is 1. The first kappa shape index (κ1) is 22.5. The third-order valence-electron chi connectivity index (χ3n) is 3.97. The number of ether oxygens (including phenoxy) is 1. The molecule has 0 bridgehead atoms. The summed E-state index contributed by atoms with van der Waals surface area (Å²) in [6.45, 7) is 3.75. The summed E-state index contributed by atoms with van der Waals surface area (Å²) in [5, 5.41) is 7.26. The monoisotopic (exact) mass is 456 g/mol. The van der Waals surface area contributed by atoms with Gasteiger partial charge in [-0.2, -0.15) is 5.10 Å². The normalized spacial score (nSPS) is 12.0. The molecule has 1 aromatic carbocycles. The Morgan fingerprint density at radius 1 is 1.10 bits per heavy atom. The minimum atomic E-state index is -5.01. The van der Waals surface area contributed by atoms with E-state index in [0.29, 0.717) is 11.6 Å². The standard InChI is InChI=1S/C18H19F3N6O3S/c1-12-9-13(2)27(26-12)17-10-16(23-11-24-17)22-7-8-25-31(28,29)15-6-4-3-5-14(15)30-18(19,20)21/h3-6,9-11,25H,7-8H2,1-2H3,(H,22,23,24). The SMILES string of the molecule is Cc1cc(C)n(-c2cc(NCCNS(=O)(=O)c3ccccc3OC(F)(F)F)ncn2)n1. The highest BCUT2D eigenvalue weighted by Gasteiger charge is 2.33. The highest BCUT2D eigenvalue weighted by atomic mass is 32.2. The number of nitrogens with zero attached hydrogens (tertiary/aromatic N) is 4. The van der Waals surface area contributed by atoms with Crippen molar-refractivity contribution in [3.63, 3.8) is 0 Å². The molecule has 2 aromatic heterocycles. The van der Waals surface area contributed by atoms with Gasteiger partial charge in [0.25, 0.3) is 0 Å². The topological polar surface area (TPSA) is 111 Å². The van der Waals surface area contributed by atoms with Gasteiger partial charge in [0.2, 0.25) is 10.0 Å². The van der Waals surface area contributed by atoms with E-state index in [1.807, 2.05) is 19.9 Å². The van der Waals surface area contributed by atoms with Crippen LogP contribution in [-0.4, -0.2) is 47.6 Å². The summed E-state index contributed by atoms with van der Waals surface area (Å²) in [4.78, 5) is 7.61. The lowest BCUT2D eigenvalue weighted by molar-refractivity contribution is -0.275. The summed E-state index contributed by atoms with van der Waals surface area (Å²) in [5.74, 6) is 0.153. The smallest absolute Gasteiger partial charge is 0.404 e. The molecule has 3 aromatic rings. The minimum absolute atomic E-state index is 0.109. The number of hydrogen-bond acceptors (Lipinski definition) is 7. The summed E-state index contributed by atoms with van der Waals surface area (Å²) < 4.78 is 70.0. The molecule has 31 heavy (non-hydrogen) atoms. The number of benzene rings is 1. The molecule has 0 atom stereocenters. The average molecular weight is 456 g/mol. The van der Waals surface area contributed by atoms with E-state index in [4.69, 9.17) is 0 Å².